The quantitative estimate of drug-likeness (QED) is 0.853. The highest BCUT2D eigenvalue weighted by molar-refractivity contribution is 7.86. The number of rotatable bonds is 3. The van der Waals surface area contributed by atoms with Crippen LogP contribution in [-0.4, -0.2) is 57.3 Å². The van der Waals surface area contributed by atoms with Gasteiger partial charge >= 0.3 is 0 Å². The summed E-state index contributed by atoms with van der Waals surface area (Å²) in [6.07, 6.45) is 0. The highest BCUT2D eigenvalue weighted by atomic mass is 32.2. The van der Waals surface area contributed by atoms with Crippen LogP contribution in [0.1, 0.15) is 26.3 Å². The van der Waals surface area contributed by atoms with Gasteiger partial charge in [-0.1, -0.05) is 32.9 Å². The Hall–Kier alpha value is -1.11. The molecule has 0 spiro atoms. The first kappa shape index (κ1) is 17.2. The minimum absolute atomic E-state index is 0.150. The van der Waals surface area contributed by atoms with E-state index in [1.165, 1.54) is 9.87 Å². The monoisotopic (exact) mass is 325 g/mol. The zero-order chi connectivity index (χ0) is 16.5. The highest BCUT2D eigenvalue weighted by Crippen LogP contribution is 2.25. The molecule has 5 nitrogen and oxygen atoms in total. The molecule has 1 saturated heterocycles. The number of nitrogens with zero attached hydrogens (tertiary/aromatic N) is 3. The zero-order valence-corrected chi connectivity index (χ0v) is 15.0. The van der Waals surface area contributed by atoms with E-state index in [4.69, 9.17) is 0 Å². The van der Waals surface area contributed by atoms with Crippen molar-refractivity contribution in [1.82, 2.24) is 8.61 Å². The molecule has 0 radical (unpaired) electrons. The molecule has 0 saturated carbocycles. The van der Waals surface area contributed by atoms with E-state index in [-0.39, 0.29) is 5.41 Å². The van der Waals surface area contributed by atoms with Crippen LogP contribution in [0, 0.1) is 0 Å². The molecule has 1 aliphatic rings. The average Bonchev–Trinajstić information content (AvgIpc) is 2.46. The van der Waals surface area contributed by atoms with Gasteiger partial charge < -0.3 is 4.90 Å². The second-order valence-electron chi connectivity index (χ2n) is 6.97. The number of benzene rings is 1. The second-order valence-corrected chi connectivity index (χ2v) is 9.12. The average molecular weight is 325 g/mol. The van der Waals surface area contributed by atoms with Crippen molar-refractivity contribution in [3.05, 3.63) is 29.8 Å². The van der Waals surface area contributed by atoms with E-state index in [1.807, 2.05) is 0 Å². The molecule has 0 atom stereocenters. The lowest BCUT2D eigenvalue weighted by Crippen LogP contribution is -2.51. The summed E-state index contributed by atoms with van der Waals surface area (Å²) >= 11 is 0. The Labute approximate surface area is 134 Å². The van der Waals surface area contributed by atoms with Crippen LogP contribution < -0.4 is 4.90 Å². The molecule has 0 amide bonds. The molecule has 0 aromatic heterocycles. The van der Waals surface area contributed by atoms with Crippen LogP contribution in [0.25, 0.3) is 0 Å². The van der Waals surface area contributed by atoms with Crippen LogP contribution in [0.4, 0.5) is 5.69 Å². The Kier molecular flexibility index (Phi) is 4.84. The molecule has 0 bridgehead atoms. The molecular weight excluding hydrogens is 298 g/mol. The first-order chi connectivity index (χ1) is 10.1. The molecule has 0 N–H and O–H groups in total. The summed E-state index contributed by atoms with van der Waals surface area (Å²) in [6.45, 7) is 9.11. The largest absolute Gasteiger partial charge is 0.369 e. The Bertz CT molecular complexity index is 595. The first-order valence-corrected chi connectivity index (χ1v) is 9.05. The van der Waals surface area contributed by atoms with E-state index in [2.05, 4.69) is 49.9 Å². The summed E-state index contributed by atoms with van der Waals surface area (Å²) in [5.41, 5.74) is 2.62. The van der Waals surface area contributed by atoms with Crippen molar-refractivity contribution in [3.8, 4) is 0 Å². The fourth-order valence-corrected chi connectivity index (χ4v) is 3.67. The van der Waals surface area contributed by atoms with Crippen molar-refractivity contribution in [2.24, 2.45) is 0 Å². The molecule has 0 unspecified atom stereocenters. The van der Waals surface area contributed by atoms with Crippen molar-refractivity contribution < 1.29 is 8.42 Å². The van der Waals surface area contributed by atoms with Gasteiger partial charge in [-0.2, -0.15) is 17.0 Å². The standard InChI is InChI=1S/C16H27N3O2S/c1-16(2,3)14-6-8-15(9-7-14)18-10-12-19(13-11-18)22(20,21)17(4)5/h6-9H,10-13H2,1-5H3. The molecule has 1 aromatic carbocycles. The van der Waals surface area contributed by atoms with Gasteiger partial charge in [0.1, 0.15) is 0 Å². The molecule has 1 fully saturated rings. The molecule has 0 aliphatic carbocycles. The normalized spacial score (nSPS) is 18.0. The second kappa shape index (κ2) is 6.18. The molecule has 1 heterocycles. The van der Waals surface area contributed by atoms with E-state index in [9.17, 15) is 8.42 Å². The Morgan fingerprint density at radius 2 is 1.45 bits per heavy atom. The smallest absolute Gasteiger partial charge is 0.281 e. The summed E-state index contributed by atoms with van der Waals surface area (Å²) in [6, 6.07) is 8.60. The molecular formula is C16H27N3O2S. The van der Waals surface area contributed by atoms with Crippen molar-refractivity contribution in [3.63, 3.8) is 0 Å². The van der Waals surface area contributed by atoms with Crippen LogP contribution in [0.3, 0.4) is 0 Å². The molecule has 2 rings (SSSR count). The number of anilines is 1. The summed E-state index contributed by atoms with van der Waals surface area (Å²) in [4.78, 5) is 2.24. The van der Waals surface area contributed by atoms with Crippen molar-refractivity contribution in [2.75, 3.05) is 45.2 Å². The number of hydrogen-bond donors (Lipinski definition) is 0. The van der Waals surface area contributed by atoms with Crippen molar-refractivity contribution in [2.45, 2.75) is 26.2 Å². The van der Waals surface area contributed by atoms with E-state index in [1.54, 1.807) is 18.4 Å². The van der Waals surface area contributed by atoms with Crippen molar-refractivity contribution >= 4 is 15.9 Å². The minimum Gasteiger partial charge on any atom is -0.369 e. The Morgan fingerprint density at radius 3 is 1.86 bits per heavy atom. The van der Waals surface area contributed by atoms with Crippen LogP contribution in [-0.2, 0) is 15.6 Å². The van der Waals surface area contributed by atoms with Gasteiger partial charge in [0.25, 0.3) is 10.2 Å². The van der Waals surface area contributed by atoms with E-state index in [0.29, 0.717) is 13.1 Å². The lowest BCUT2D eigenvalue weighted by atomic mass is 9.87. The molecule has 22 heavy (non-hydrogen) atoms. The third-order valence-electron chi connectivity index (χ3n) is 4.12. The predicted molar refractivity (Wildman–Crippen MR) is 91.5 cm³/mol. The van der Waals surface area contributed by atoms with Crippen LogP contribution in [0.5, 0.6) is 0 Å². The molecule has 1 aromatic rings. The number of piperazine rings is 1. The third kappa shape index (κ3) is 3.62. The maximum atomic E-state index is 12.1. The maximum absolute atomic E-state index is 12.1. The van der Waals surface area contributed by atoms with E-state index < -0.39 is 10.2 Å². The lowest BCUT2D eigenvalue weighted by Gasteiger charge is -2.36. The maximum Gasteiger partial charge on any atom is 0.281 e. The highest BCUT2D eigenvalue weighted by Gasteiger charge is 2.28. The predicted octanol–water partition coefficient (Wildman–Crippen LogP) is 1.91. The zero-order valence-electron chi connectivity index (χ0n) is 14.2. The van der Waals surface area contributed by atoms with Gasteiger partial charge in [0.15, 0.2) is 0 Å². The summed E-state index contributed by atoms with van der Waals surface area (Å²) < 4.78 is 27.1. The lowest BCUT2D eigenvalue weighted by molar-refractivity contribution is 0.355. The topological polar surface area (TPSA) is 43.9 Å². The van der Waals surface area contributed by atoms with Crippen LogP contribution in [0.2, 0.25) is 0 Å². The van der Waals surface area contributed by atoms with E-state index >= 15 is 0 Å². The Balaban J connectivity index is 2.03. The van der Waals surface area contributed by atoms with Gasteiger partial charge in [-0.3, -0.25) is 0 Å². The molecule has 1 aliphatic heterocycles. The van der Waals surface area contributed by atoms with E-state index in [0.717, 1.165) is 18.8 Å². The fraction of sp³-hybridized carbons (Fsp3) is 0.625. The number of hydrogen-bond acceptors (Lipinski definition) is 3. The van der Waals surface area contributed by atoms with Gasteiger partial charge in [-0.25, -0.2) is 0 Å². The summed E-state index contributed by atoms with van der Waals surface area (Å²) in [5, 5.41) is 0. The van der Waals surface area contributed by atoms with Crippen LogP contribution >= 0.6 is 0 Å². The van der Waals surface area contributed by atoms with Gasteiger partial charge in [-0.05, 0) is 23.1 Å². The SMILES string of the molecule is CN(C)S(=O)(=O)N1CCN(c2ccc(C(C)(C)C)cc2)CC1. The fourth-order valence-electron chi connectivity index (χ4n) is 2.58. The minimum atomic E-state index is -3.29. The van der Waals surface area contributed by atoms with Gasteiger partial charge in [0.2, 0.25) is 0 Å². The van der Waals surface area contributed by atoms with Gasteiger partial charge in [0.05, 0.1) is 0 Å². The summed E-state index contributed by atoms with van der Waals surface area (Å²) in [5.74, 6) is 0. The summed E-state index contributed by atoms with van der Waals surface area (Å²) in [7, 11) is -0.139. The molecule has 124 valence electrons. The van der Waals surface area contributed by atoms with Gasteiger partial charge in [0, 0.05) is 46.0 Å². The third-order valence-corrected chi connectivity index (χ3v) is 6.07. The first-order valence-electron chi connectivity index (χ1n) is 7.65. The van der Waals surface area contributed by atoms with Crippen LogP contribution in [0.15, 0.2) is 24.3 Å². The Morgan fingerprint density at radius 1 is 0.955 bits per heavy atom. The molecule has 6 heteroatoms. The van der Waals surface area contributed by atoms with Crippen molar-refractivity contribution in [1.29, 1.82) is 0 Å². The van der Waals surface area contributed by atoms with Gasteiger partial charge in [-0.15, -0.1) is 0 Å².